The summed E-state index contributed by atoms with van der Waals surface area (Å²) >= 11 is 0. The van der Waals surface area contributed by atoms with Crippen molar-refractivity contribution in [2.24, 2.45) is 0 Å². The molecule has 0 spiro atoms. The van der Waals surface area contributed by atoms with Crippen LogP contribution in [0.25, 0.3) is 0 Å². The molecule has 1 aliphatic rings. The first-order valence-corrected chi connectivity index (χ1v) is 16.6. The summed E-state index contributed by atoms with van der Waals surface area (Å²) in [5.74, 6) is 0.335. The molecule has 10 heteroatoms. The van der Waals surface area contributed by atoms with Gasteiger partial charge >= 0.3 is 0 Å². The number of carbonyl (C=O) groups is 2. The number of nitrogens with one attached hydrogen (secondary N) is 1. The maximum atomic E-state index is 14.3. The number of benzene rings is 3. The number of rotatable bonds is 13. The van der Waals surface area contributed by atoms with Crippen molar-refractivity contribution in [3.63, 3.8) is 0 Å². The lowest BCUT2D eigenvalue weighted by molar-refractivity contribution is -0.140. The van der Waals surface area contributed by atoms with Crippen LogP contribution in [0, 0.1) is 6.92 Å². The Morgan fingerprint density at radius 2 is 1.55 bits per heavy atom. The standard InChI is InChI=1S/C34H43N3O6S/c1-5-32(34(39)35-27-12-7-6-8-13-27)36(23-26-11-9-15-29(21-26)42-3)33(38)24-37(28-14-10-16-30(22-28)43-4)44(40,41)31-19-17-25(2)18-20-31/h9-11,14-22,27,32H,5-8,12-13,23-24H2,1-4H3,(H,35,39). The number of hydrogen-bond acceptors (Lipinski definition) is 6. The van der Waals surface area contributed by atoms with Crippen molar-refractivity contribution in [3.8, 4) is 11.5 Å². The van der Waals surface area contributed by atoms with Crippen LogP contribution in [-0.2, 0) is 26.2 Å². The van der Waals surface area contributed by atoms with Crippen LogP contribution in [-0.4, -0.2) is 58.0 Å². The maximum Gasteiger partial charge on any atom is 0.264 e. The van der Waals surface area contributed by atoms with E-state index in [0.717, 1.165) is 47.5 Å². The summed E-state index contributed by atoms with van der Waals surface area (Å²) in [7, 11) is -1.11. The second-order valence-corrected chi connectivity index (χ2v) is 13.0. The van der Waals surface area contributed by atoms with Gasteiger partial charge in [-0.1, -0.05) is 62.1 Å². The highest BCUT2D eigenvalue weighted by atomic mass is 32.2. The second kappa shape index (κ2) is 15.1. The van der Waals surface area contributed by atoms with E-state index < -0.39 is 28.5 Å². The van der Waals surface area contributed by atoms with Crippen molar-refractivity contribution in [1.29, 1.82) is 0 Å². The molecule has 0 aromatic heterocycles. The van der Waals surface area contributed by atoms with Crippen molar-refractivity contribution >= 4 is 27.5 Å². The highest BCUT2D eigenvalue weighted by Crippen LogP contribution is 2.28. The van der Waals surface area contributed by atoms with E-state index in [9.17, 15) is 18.0 Å². The minimum Gasteiger partial charge on any atom is -0.497 e. The first kappa shape index (κ1) is 32.9. The lowest BCUT2D eigenvalue weighted by Gasteiger charge is -2.34. The van der Waals surface area contributed by atoms with Crippen molar-refractivity contribution in [1.82, 2.24) is 10.2 Å². The molecule has 1 saturated carbocycles. The molecule has 0 radical (unpaired) electrons. The van der Waals surface area contributed by atoms with Crippen LogP contribution in [0.4, 0.5) is 5.69 Å². The van der Waals surface area contributed by atoms with Crippen LogP contribution in [0.1, 0.15) is 56.6 Å². The fourth-order valence-electron chi connectivity index (χ4n) is 5.56. The number of ether oxygens (including phenoxy) is 2. The SMILES string of the molecule is CCC(C(=O)NC1CCCCC1)N(Cc1cccc(OC)c1)C(=O)CN(c1cccc(OC)c1)S(=O)(=O)c1ccc(C)cc1. The van der Waals surface area contributed by atoms with Gasteiger partial charge < -0.3 is 19.7 Å². The number of methoxy groups -OCH3 is 2. The lowest BCUT2D eigenvalue weighted by atomic mass is 9.95. The molecular formula is C34H43N3O6S. The molecule has 1 atom stereocenters. The van der Waals surface area contributed by atoms with E-state index in [1.165, 1.54) is 24.1 Å². The highest BCUT2D eigenvalue weighted by molar-refractivity contribution is 7.92. The topological polar surface area (TPSA) is 105 Å². The molecule has 3 aromatic rings. The molecule has 4 rings (SSSR count). The van der Waals surface area contributed by atoms with Gasteiger partial charge in [0.05, 0.1) is 24.8 Å². The largest absolute Gasteiger partial charge is 0.497 e. The Labute approximate surface area is 261 Å². The minimum atomic E-state index is -4.17. The van der Waals surface area contributed by atoms with Crippen molar-refractivity contribution in [2.75, 3.05) is 25.1 Å². The summed E-state index contributed by atoms with van der Waals surface area (Å²) in [6, 6.07) is 19.7. The molecule has 1 N–H and O–H groups in total. The third kappa shape index (κ3) is 8.11. The van der Waals surface area contributed by atoms with Crippen molar-refractivity contribution < 1.29 is 27.5 Å². The van der Waals surface area contributed by atoms with Crippen LogP contribution < -0.4 is 19.1 Å². The summed E-state index contributed by atoms with van der Waals surface area (Å²) in [5, 5.41) is 3.17. The molecule has 9 nitrogen and oxygen atoms in total. The lowest BCUT2D eigenvalue weighted by Crippen LogP contribution is -2.54. The predicted molar refractivity (Wildman–Crippen MR) is 171 cm³/mol. The van der Waals surface area contributed by atoms with Crippen LogP contribution in [0.2, 0.25) is 0 Å². The summed E-state index contributed by atoms with van der Waals surface area (Å²) < 4.78 is 40.1. The fraction of sp³-hybridized carbons (Fsp3) is 0.412. The summed E-state index contributed by atoms with van der Waals surface area (Å²) in [4.78, 5) is 29.6. The van der Waals surface area contributed by atoms with E-state index >= 15 is 0 Å². The quantitative estimate of drug-likeness (QED) is 0.272. The average Bonchev–Trinajstić information content (AvgIpc) is 3.04. The van der Waals surface area contributed by atoms with E-state index in [1.807, 2.05) is 32.0 Å². The van der Waals surface area contributed by atoms with E-state index in [1.54, 1.807) is 49.6 Å². The molecule has 1 aliphatic carbocycles. The second-order valence-electron chi connectivity index (χ2n) is 11.2. The Hall–Kier alpha value is -4.05. The molecule has 44 heavy (non-hydrogen) atoms. The van der Waals surface area contributed by atoms with Gasteiger partial charge in [0.25, 0.3) is 10.0 Å². The van der Waals surface area contributed by atoms with Gasteiger partial charge in [-0.25, -0.2) is 8.42 Å². The number of amides is 2. The maximum absolute atomic E-state index is 14.3. The van der Waals surface area contributed by atoms with Gasteiger partial charge in [-0.05, 0) is 68.1 Å². The summed E-state index contributed by atoms with van der Waals surface area (Å²) in [6.07, 6.45) is 5.44. The molecule has 0 bridgehead atoms. The molecular weight excluding hydrogens is 578 g/mol. The third-order valence-electron chi connectivity index (χ3n) is 8.05. The third-order valence-corrected chi connectivity index (χ3v) is 9.84. The molecule has 236 valence electrons. The van der Waals surface area contributed by atoms with E-state index in [0.29, 0.717) is 17.9 Å². The fourth-order valence-corrected chi connectivity index (χ4v) is 6.97. The minimum absolute atomic E-state index is 0.0557. The van der Waals surface area contributed by atoms with Gasteiger partial charge in [0.1, 0.15) is 24.1 Å². The molecule has 3 aromatic carbocycles. The Morgan fingerprint density at radius 1 is 0.909 bits per heavy atom. The molecule has 2 amide bonds. The van der Waals surface area contributed by atoms with Crippen molar-refractivity contribution in [3.05, 3.63) is 83.9 Å². The first-order chi connectivity index (χ1) is 21.2. The number of anilines is 1. The van der Waals surface area contributed by atoms with Gasteiger partial charge in [0.2, 0.25) is 11.8 Å². The van der Waals surface area contributed by atoms with Crippen LogP contribution in [0.3, 0.4) is 0 Å². The first-order valence-electron chi connectivity index (χ1n) is 15.1. The number of carbonyl (C=O) groups excluding carboxylic acids is 2. The van der Waals surface area contributed by atoms with E-state index in [2.05, 4.69) is 5.32 Å². The van der Waals surface area contributed by atoms with Gasteiger partial charge in [0.15, 0.2) is 0 Å². The number of sulfonamides is 1. The van der Waals surface area contributed by atoms with Crippen LogP contribution >= 0.6 is 0 Å². The van der Waals surface area contributed by atoms with Gasteiger partial charge in [-0.3, -0.25) is 13.9 Å². The summed E-state index contributed by atoms with van der Waals surface area (Å²) in [5.41, 5.74) is 1.95. The van der Waals surface area contributed by atoms with Gasteiger partial charge in [0, 0.05) is 18.7 Å². The molecule has 1 fully saturated rings. The molecule has 0 saturated heterocycles. The zero-order valence-corrected chi connectivity index (χ0v) is 26.8. The Balaban J connectivity index is 1.73. The number of hydrogen-bond donors (Lipinski definition) is 1. The van der Waals surface area contributed by atoms with E-state index in [-0.39, 0.29) is 29.1 Å². The predicted octanol–water partition coefficient (Wildman–Crippen LogP) is 5.46. The Bertz CT molecular complexity index is 1520. The molecule has 0 heterocycles. The molecule has 1 unspecified atom stereocenters. The Kier molecular flexibility index (Phi) is 11.3. The normalized spacial score (nSPS) is 14.4. The molecule has 0 aliphatic heterocycles. The van der Waals surface area contributed by atoms with Gasteiger partial charge in [-0.15, -0.1) is 0 Å². The number of nitrogens with zero attached hydrogens (tertiary/aromatic N) is 2. The highest BCUT2D eigenvalue weighted by Gasteiger charge is 2.34. The van der Waals surface area contributed by atoms with Gasteiger partial charge in [-0.2, -0.15) is 0 Å². The van der Waals surface area contributed by atoms with Crippen LogP contribution in [0.15, 0.2) is 77.7 Å². The smallest absolute Gasteiger partial charge is 0.264 e. The van der Waals surface area contributed by atoms with Crippen LogP contribution in [0.5, 0.6) is 11.5 Å². The van der Waals surface area contributed by atoms with E-state index in [4.69, 9.17) is 9.47 Å². The Morgan fingerprint density at radius 3 is 2.18 bits per heavy atom. The monoisotopic (exact) mass is 621 g/mol. The zero-order valence-electron chi connectivity index (χ0n) is 26.0. The summed E-state index contributed by atoms with van der Waals surface area (Å²) in [6.45, 7) is 3.32. The average molecular weight is 622 g/mol. The number of aryl methyl sites for hydroxylation is 1. The van der Waals surface area contributed by atoms with Crippen molar-refractivity contribution in [2.45, 2.75) is 75.9 Å². The zero-order chi connectivity index (χ0) is 31.7.